The Morgan fingerprint density at radius 3 is 2.74 bits per heavy atom. The number of hydrogen-bond acceptors (Lipinski definition) is 5. The molecule has 0 fully saturated rings. The molecule has 0 aliphatic carbocycles. The van der Waals surface area contributed by atoms with Gasteiger partial charge in [-0.3, -0.25) is 4.72 Å². The van der Waals surface area contributed by atoms with Gasteiger partial charge < -0.3 is 10.1 Å². The summed E-state index contributed by atoms with van der Waals surface area (Å²) in [6.45, 7) is 5.14. The maximum atomic E-state index is 11.3. The average molecular weight is 352 g/mol. The van der Waals surface area contributed by atoms with E-state index in [2.05, 4.69) is 31.0 Å². The molecule has 0 bridgehead atoms. The first-order valence-electron chi connectivity index (χ1n) is 5.77. The standard InChI is InChI=1S/C11H18BrN3O3S/c1-8(2)13-4-5-18-11-10(15-19(3,16)17)6-9(12)7-14-11/h6-8,13,15H,4-5H2,1-3H3. The third-order valence-electron chi connectivity index (χ3n) is 2.01. The number of rotatable bonds is 7. The van der Waals surface area contributed by atoms with Crippen LogP contribution < -0.4 is 14.8 Å². The predicted molar refractivity (Wildman–Crippen MR) is 79.0 cm³/mol. The van der Waals surface area contributed by atoms with Gasteiger partial charge in [0.1, 0.15) is 12.3 Å². The Balaban J connectivity index is 2.71. The molecule has 2 N–H and O–H groups in total. The van der Waals surface area contributed by atoms with Gasteiger partial charge >= 0.3 is 0 Å². The molecule has 0 saturated carbocycles. The Hall–Kier alpha value is -0.860. The van der Waals surface area contributed by atoms with Crippen molar-refractivity contribution in [3.05, 3.63) is 16.7 Å². The lowest BCUT2D eigenvalue weighted by Crippen LogP contribution is -2.27. The third kappa shape index (κ3) is 6.74. The van der Waals surface area contributed by atoms with Crippen molar-refractivity contribution in [2.75, 3.05) is 24.1 Å². The summed E-state index contributed by atoms with van der Waals surface area (Å²) in [4.78, 5) is 4.06. The van der Waals surface area contributed by atoms with E-state index in [4.69, 9.17) is 4.74 Å². The molecule has 0 saturated heterocycles. The Kier molecular flexibility index (Phi) is 6.02. The minimum absolute atomic E-state index is 0.263. The van der Waals surface area contributed by atoms with Crippen molar-refractivity contribution in [1.82, 2.24) is 10.3 Å². The van der Waals surface area contributed by atoms with E-state index in [-0.39, 0.29) is 5.88 Å². The van der Waals surface area contributed by atoms with Crippen LogP contribution in [0.25, 0.3) is 0 Å². The van der Waals surface area contributed by atoms with Gasteiger partial charge in [-0.1, -0.05) is 13.8 Å². The molecule has 0 spiro atoms. The van der Waals surface area contributed by atoms with E-state index in [1.807, 2.05) is 13.8 Å². The minimum atomic E-state index is -3.37. The second-order valence-electron chi connectivity index (χ2n) is 4.34. The van der Waals surface area contributed by atoms with Crippen molar-refractivity contribution in [2.24, 2.45) is 0 Å². The highest BCUT2D eigenvalue weighted by atomic mass is 79.9. The number of aromatic nitrogens is 1. The molecule has 6 nitrogen and oxygen atoms in total. The van der Waals surface area contributed by atoms with Gasteiger partial charge in [-0.2, -0.15) is 0 Å². The van der Waals surface area contributed by atoms with E-state index in [1.165, 1.54) is 0 Å². The van der Waals surface area contributed by atoms with Crippen LogP contribution in [0.4, 0.5) is 5.69 Å². The molecule has 8 heteroatoms. The van der Waals surface area contributed by atoms with E-state index in [1.54, 1.807) is 12.3 Å². The first-order valence-corrected chi connectivity index (χ1v) is 8.46. The maximum Gasteiger partial charge on any atom is 0.238 e. The number of nitrogens with zero attached hydrogens (tertiary/aromatic N) is 1. The molecule has 0 unspecified atom stereocenters. The predicted octanol–water partition coefficient (Wildman–Crippen LogP) is 1.59. The molecular formula is C11H18BrN3O3S. The first kappa shape index (κ1) is 16.2. The zero-order chi connectivity index (χ0) is 14.5. The van der Waals surface area contributed by atoms with Crippen LogP contribution >= 0.6 is 15.9 Å². The molecule has 0 aliphatic rings. The highest BCUT2D eigenvalue weighted by Crippen LogP contribution is 2.25. The van der Waals surface area contributed by atoms with Gasteiger partial charge in [-0.15, -0.1) is 0 Å². The summed E-state index contributed by atoms with van der Waals surface area (Å²) in [6, 6.07) is 1.98. The minimum Gasteiger partial charge on any atom is -0.475 e. The fourth-order valence-corrected chi connectivity index (χ4v) is 2.19. The smallest absolute Gasteiger partial charge is 0.238 e. The molecule has 0 amide bonds. The fraction of sp³-hybridized carbons (Fsp3) is 0.545. The zero-order valence-corrected chi connectivity index (χ0v) is 13.5. The van der Waals surface area contributed by atoms with E-state index in [9.17, 15) is 8.42 Å². The van der Waals surface area contributed by atoms with Crippen molar-refractivity contribution in [2.45, 2.75) is 19.9 Å². The summed E-state index contributed by atoms with van der Waals surface area (Å²) < 4.78 is 31.0. The topological polar surface area (TPSA) is 80.3 Å². The first-order chi connectivity index (χ1) is 8.78. The van der Waals surface area contributed by atoms with Crippen molar-refractivity contribution in [3.63, 3.8) is 0 Å². The maximum absolute atomic E-state index is 11.3. The molecule has 1 aromatic heterocycles. The molecule has 1 aromatic rings. The summed E-state index contributed by atoms with van der Waals surface area (Å²) in [5.41, 5.74) is 0.321. The highest BCUT2D eigenvalue weighted by Gasteiger charge is 2.10. The van der Waals surface area contributed by atoms with Gasteiger partial charge in [-0.05, 0) is 22.0 Å². The second kappa shape index (κ2) is 7.06. The number of pyridine rings is 1. The molecule has 19 heavy (non-hydrogen) atoms. The van der Waals surface area contributed by atoms with Crippen LogP contribution in [0, 0.1) is 0 Å². The molecule has 0 aliphatic heterocycles. The average Bonchev–Trinajstić information content (AvgIpc) is 2.24. The summed E-state index contributed by atoms with van der Waals surface area (Å²) in [5, 5.41) is 3.19. The third-order valence-corrected chi connectivity index (χ3v) is 3.03. The second-order valence-corrected chi connectivity index (χ2v) is 7.00. The number of anilines is 1. The number of halogens is 1. The number of hydrogen-bond donors (Lipinski definition) is 2. The van der Waals surface area contributed by atoms with Gasteiger partial charge in [-0.25, -0.2) is 13.4 Å². The lowest BCUT2D eigenvalue weighted by Gasteiger charge is -2.12. The lowest BCUT2D eigenvalue weighted by molar-refractivity contribution is 0.299. The van der Waals surface area contributed by atoms with E-state index in [0.717, 1.165) is 6.26 Å². The quantitative estimate of drug-likeness (QED) is 0.729. The molecule has 0 atom stereocenters. The molecule has 108 valence electrons. The van der Waals surface area contributed by atoms with Crippen molar-refractivity contribution < 1.29 is 13.2 Å². The van der Waals surface area contributed by atoms with Crippen molar-refractivity contribution >= 4 is 31.6 Å². The zero-order valence-electron chi connectivity index (χ0n) is 11.1. The lowest BCUT2D eigenvalue weighted by atomic mass is 10.4. The molecule has 0 aromatic carbocycles. The van der Waals surface area contributed by atoms with Gasteiger partial charge in [0.2, 0.25) is 15.9 Å². The monoisotopic (exact) mass is 351 g/mol. The molecule has 0 radical (unpaired) electrons. The molecular weight excluding hydrogens is 334 g/mol. The van der Waals surface area contributed by atoms with Gasteiger partial charge in [0.15, 0.2) is 0 Å². The summed E-state index contributed by atoms with van der Waals surface area (Å²) in [6.07, 6.45) is 2.64. The van der Waals surface area contributed by atoms with Gasteiger partial charge in [0.25, 0.3) is 0 Å². The van der Waals surface area contributed by atoms with Crippen LogP contribution in [0.2, 0.25) is 0 Å². The summed E-state index contributed by atoms with van der Waals surface area (Å²) in [5.74, 6) is 0.263. The van der Waals surface area contributed by atoms with Gasteiger partial charge in [0.05, 0.1) is 6.26 Å². The van der Waals surface area contributed by atoms with Gasteiger partial charge in [0, 0.05) is 23.3 Å². The van der Waals surface area contributed by atoms with Crippen molar-refractivity contribution in [3.8, 4) is 5.88 Å². The Bertz CT molecular complexity index is 520. The highest BCUT2D eigenvalue weighted by molar-refractivity contribution is 9.10. The number of sulfonamides is 1. The van der Waals surface area contributed by atoms with E-state index in [0.29, 0.717) is 29.4 Å². The van der Waals surface area contributed by atoms with Crippen molar-refractivity contribution in [1.29, 1.82) is 0 Å². The number of nitrogens with one attached hydrogen (secondary N) is 2. The SMILES string of the molecule is CC(C)NCCOc1ncc(Br)cc1NS(C)(=O)=O. The summed E-state index contributed by atoms with van der Waals surface area (Å²) in [7, 11) is -3.37. The summed E-state index contributed by atoms with van der Waals surface area (Å²) >= 11 is 3.24. The van der Waals surface area contributed by atoms with Crippen LogP contribution in [0.3, 0.4) is 0 Å². The van der Waals surface area contributed by atoms with E-state index < -0.39 is 10.0 Å². The van der Waals surface area contributed by atoms with Crippen LogP contribution in [-0.2, 0) is 10.0 Å². The number of ether oxygens (including phenoxy) is 1. The molecule has 1 rings (SSSR count). The molecule has 1 heterocycles. The van der Waals surface area contributed by atoms with Crippen LogP contribution in [0.1, 0.15) is 13.8 Å². The Morgan fingerprint density at radius 1 is 1.47 bits per heavy atom. The Labute approximate surface area is 122 Å². The van der Waals surface area contributed by atoms with Crippen LogP contribution in [0.5, 0.6) is 5.88 Å². The van der Waals surface area contributed by atoms with Crippen LogP contribution in [0.15, 0.2) is 16.7 Å². The largest absolute Gasteiger partial charge is 0.475 e. The van der Waals surface area contributed by atoms with Crippen LogP contribution in [-0.4, -0.2) is 38.9 Å². The Morgan fingerprint density at radius 2 is 2.16 bits per heavy atom. The fourth-order valence-electron chi connectivity index (χ4n) is 1.31. The normalized spacial score (nSPS) is 11.6. The van der Waals surface area contributed by atoms with E-state index >= 15 is 0 Å².